The fourth-order valence-electron chi connectivity index (χ4n) is 1.30. The van der Waals surface area contributed by atoms with E-state index in [4.69, 9.17) is 23.2 Å². The summed E-state index contributed by atoms with van der Waals surface area (Å²) in [5.41, 5.74) is 0.974. The van der Waals surface area contributed by atoms with Gasteiger partial charge in [-0.2, -0.15) is 0 Å². The van der Waals surface area contributed by atoms with E-state index >= 15 is 0 Å². The third-order valence-electron chi connectivity index (χ3n) is 2.13. The summed E-state index contributed by atoms with van der Waals surface area (Å²) in [6.07, 6.45) is 0.601. The van der Waals surface area contributed by atoms with Gasteiger partial charge in [-0.15, -0.1) is 0 Å². The van der Waals surface area contributed by atoms with Crippen molar-refractivity contribution in [2.75, 3.05) is 7.11 Å². The molecule has 82 valence electrons. The molecule has 1 rings (SSSR count). The number of rotatable bonds is 3. The molecule has 1 aromatic carbocycles. The van der Waals surface area contributed by atoms with Gasteiger partial charge in [0.25, 0.3) is 0 Å². The first kappa shape index (κ1) is 12.3. The van der Waals surface area contributed by atoms with Crippen molar-refractivity contribution < 1.29 is 9.53 Å². The molecule has 0 radical (unpaired) electrons. The number of hydrogen-bond acceptors (Lipinski definition) is 2. The molecule has 0 spiro atoms. The van der Waals surface area contributed by atoms with Crippen LogP contribution in [0.2, 0.25) is 10.0 Å². The SMILES string of the molecule is COC(=O)[C@H](C)Cc1ccc(Cl)c(Cl)c1. The molecule has 0 unspecified atom stereocenters. The monoisotopic (exact) mass is 246 g/mol. The van der Waals surface area contributed by atoms with Gasteiger partial charge in [0.1, 0.15) is 0 Å². The molecule has 0 fully saturated rings. The van der Waals surface area contributed by atoms with E-state index in [0.29, 0.717) is 16.5 Å². The van der Waals surface area contributed by atoms with Crippen molar-refractivity contribution in [3.63, 3.8) is 0 Å². The van der Waals surface area contributed by atoms with Crippen molar-refractivity contribution in [1.82, 2.24) is 0 Å². The molecule has 0 saturated carbocycles. The highest BCUT2D eigenvalue weighted by Crippen LogP contribution is 2.23. The molecule has 0 aliphatic rings. The van der Waals surface area contributed by atoms with Crippen LogP contribution in [-0.2, 0) is 16.0 Å². The summed E-state index contributed by atoms with van der Waals surface area (Å²) < 4.78 is 4.64. The quantitative estimate of drug-likeness (QED) is 0.765. The lowest BCUT2D eigenvalue weighted by molar-refractivity contribution is -0.144. The number of benzene rings is 1. The largest absolute Gasteiger partial charge is 0.469 e. The molecule has 1 atom stereocenters. The Morgan fingerprint density at radius 2 is 2.07 bits per heavy atom. The van der Waals surface area contributed by atoms with E-state index in [1.54, 1.807) is 12.1 Å². The first-order valence-electron chi connectivity index (χ1n) is 4.56. The molecule has 0 saturated heterocycles. The fourth-order valence-corrected chi connectivity index (χ4v) is 1.63. The molecule has 0 bridgehead atoms. The Morgan fingerprint density at radius 3 is 2.60 bits per heavy atom. The first-order chi connectivity index (χ1) is 7.04. The Labute approximate surface area is 99.1 Å². The summed E-state index contributed by atoms with van der Waals surface area (Å²) in [6.45, 7) is 1.81. The number of carbonyl (C=O) groups excluding carboxylic acids is 1. The average molecular weight is 247 g/mol. The van der Waals surface area contributed by atoms with Crippen LogP contribution in [0.15, 0.2) is 18.2 Å². The number of esters is 1. The molecule has 0 amide bonds. The minimum absolute atomic E-state index is 0.174. The van der Waals surface area contributed by atoms with Crippen molar-refractivity contribution in [1.29, 1.82) is 0 Å². The van der Waals surface area contributed by atoms with E-state index in [1.807, 2.05) is 13.0 Å². The highest BCUT2D eigenvalue weighted by atomic mass is 35.5. The van der Waals surface area contributed by atoms with Crippen molar-refractivity contribution in [2.45, 2.75) is 13.3 Å². The van der Waals surface area contributed by atoms with Gasteiger partial charge in [0, 0.05) is 0 Å². The molecule has 2 nitrogen and oxygen atoms in total. The standard InChI is InChI=1S/C11H12Cl2O2/c1-7(11(14)15-2)5-8-3-4-9(12)10(13)6-8/h3-4,6-7H,5H2,1-2H3/t7-/m1/s1. The zero-order valence-electron chi connectivity index (χ0n) is 8.59. The maximum Gasteiger partial charge on any atom is 0.308 e. The minimum Gasteiger partial charge on any atom is -0.469 e. The molecule has 1 aromatic rings. The molecule has 15 heavy (non-hydrogen) atoms. The van der Waals surface area contributed by atoms with Crippen LogP contribution >= 0.6 is 23.2 Å². The molecular weight excluding hydrogens is 235 g/mol. The van der Waals surface area contributed by atoms with Crippen molar-refractivity contribution in [3.05, 3.63) is 33.8 Å². The normalized spacial score (nSPS) is 12.3. The van der Waals surface area contributed by atoms with Crippen LogP contribution in [0.3, 0.4) is 0 Å². The Balaban J connectivity index is 2.73. The predicted molar refractivity (Wildman–Crippen MR) is 61.3 cm³/mol. The van der Waals surface area contributed by atoms with E-state index < -0.39 is 0 Å². The van der Waals surface area contributed by atoms with Crippen molar-refractivity contribution in [3.8, 4) is 0 Å². The molecule has 0 heterocycles. The second-order valence-corrected chi connectivity index (χ2v) is 4.19. The Morgan fingerprint density at radius 1 is 1.40 bits per heavy atom. The molecule has 0 aliphatic carbocycles. The van der Waals surface area contributed by atoms with Crippen LogP contribution in [0.25, 0.3) is 0 Å². The van der Waals surface area contributed by atoms with Crippen molar-refractivity contribution >= 4 is 29.2 Å². The third kappa shape index (κ3) is 3.40. The molecule has 4 heteroatoms. The van der Waals surface area contributed by atoms with Gasteiger partial charge in [0.05, 0.1) is 23.1 Å². The lowest BCUT2D eigenvalue weighted by Gasteiger charge is -2.09. The lowest BCUT2D eigenvalue weighted by Crippen LogP contribution is -2.15. The topological polar surface area (TPSA) is 26.3 Å². The number of halogens is 2. The van der Waals surface area contributed by atoms with Gasteiger partial charge in [-0.3, -0.25) is 4.79 Å². The predicted octanol–water partition coefficient (Wildman–Crippen LogP) is 3.35. The highest BCUT2D eigenvalue weighted by molar-refractivity contribution is 6.42. The summed E-state index contributed by atoms with van der Waals surface area (Å²) in [5.74, 6) is -0.395. The van der Waals surface area contributed by atoms with Gasteiger partial charge >= 0.3 is 5.97 Å². The van der Waals surface area contributed by atoms with E-state index in [0.717, 1.165) is 5.56 Å². The second-order valence-electron chi connectivity index (χ2n) is 3.38. The van der Waals surface area contributed by atoms with Crippen LogP contribution in [0.5, 0.6) is 0 Å². The zero-order valence-corrected chi connectivity index (χ0v) is 10.1. The maximum absolute atomic E-state index is 11.2. The fraction of sp³-hybridized carbons (Fsp3) is 0.364. The van der Waals surface area contributed by atoms with Crippen LogP contribution in [0.4, 0.5) is 0 Å². The summed E-state index contributed by atoms with van der Waals surface area (Å²) in [7, 11) is 1.38. The number of methoxy groups -OCH3 is 1. The maximum atomic E-state index is 11.2. The van der Waals surface area contributed by atoms with Gasteiger partial charge < -0.3 is 4.74 Å². The van der Waals surface area contributed by atoms with Gasteiger partial charge in [-0.25, -0.2) is 0 Å². The van der Waals surface area contributed by atoms with E-state index in [9.17, 15) is 4.79 Å². The van der Waals surface area contributed by atoms with Gasteiger partial charge in [0.15, 0.2) is 0 Å². The highest BCUT2D eigenvalue weighted by Gasteiger charge is 2.14. The Kier molecular flexibility index (Phi) is 4.43. The average Bonchev–Trinajstić information content (AvgIpc) is 2.22. The molecule has 0 aliphatic heterocycles. The number of ether oxygens (including phenoxy) is 1. The summed E-state index contributed by atoms with van der Waals surface area (Å²) >= 11 is 11.6. The second kappa shape index (κ2) is 5.38. The van der Waals surface area contributed by atoms with E-state index in [1.165, 1.54) is 7.11 Å². The van der Waals surface area contributed by atoms with Crippen LogP contribution in [0.1, 0.15) is 12.5 Å². The van der Waals surface area contributed by atoms with Crippen LogP contribution in [-0.4, -0.2) is 13.1 Å². The molecule has 0 N–H and O–H groups in total. The number of carbonyl (C=O) groups is 1. The van der Waals surface area contributed by atoms with Crippen molar-refractivity contribution in [2.24, 2.45) is 5.92 Å². The summed E-state index contributed by atoms with van der Waals surface area (Å²) in [5, 5.41) is 1.03. The first-order valence-corrected chi connectivity index (χ1v) is 5.32. The third-order valence-corrected chi connectivity index (χ3v) is 2.87. The lowest BCUT2D eigenvalue weighted by atomic mass is 10.0. The van der Waals surface area contributed by atoms with Crippen LogP contribution in [0, 0.1) is 5.92 Å². The zero-order chi connectivity index (χ0) is 11.4. The van der Waals surface area contributed by atoms with Gasteiger partial charge in [0.2, 0.25) is 0 Å². The van der Waals surface area contributed by atoms with Crippen LogP contribution < -0.4 is 0 Å². The summed E-state index contributed by atoms with van der Waals surface area (Å²) in [6, 6.07) is 5.35. The number of hydrogen-bond donors (Lipinski definition) is 0. The minimum atomic E-state index is -0.221. The summed E-state index contributed by atoms with van der Waals surface area (Å²) in [4.78, 5) is 11.2. The van der Waals surface area contributed by atoms with E-state index in [-0.39, 0.29) is 11.9 Å². The van der Waals surface area contributed by atoms with Gasteiger partial charge in [-0.1, -0.05) is 36.2 Å². The Hall–Kier alpha value is -0.730. The Bertz CT molecular complexity index is 364. The molecule has 0 aromatic heterocycles. The smallest absolute Gasteiger partial charge is 0.308 e. The van der Waals surface area contributed by atoms with Gasteiger partial charge in [-0.05, 0) is 24.1 Å². The van der Waals surface area contributed by atoms with E-state index in [2.05, 4.69) is 4.74 Å². The molecular formula is C11H12Cl2O2.